The van der Waals surface area contributed by atoms with E-state index < -0.39 is 28.5 Å². The van der Waals surface area contributed by atoms with E-state index in [0.717, 1.165) is 29.0 Å². The number of rotatable bonds is 13. The van der Waals surface area contributed by atoms with Gasteiger partial charge in [0, 0.05) is 13.1 Å². The lowest BCUT2D eigenvalue weighted by Crippen LogP contribution is -2.52. The molecule has 2 aromatic carbocycles. The van der Waals surface area contributed by atoms with Crippen LogP contribution in [0.2, 0.25) is 0 Å². The zero-order valence-electron chi connectivity index (χ0n) is 20.4. The molecule has 2 rings (SSSR count). The summed E-state index contributed by atoms with van der Waals surface area (Å²) in [5.74, 6) is -0.133. The molecule has 0 aliphatic heterocycles. The first-order valence-corrected chi connectivity index (χ1v) is 13.2. The van der Waals surface area contributed by atoms with E-state index in [0.29, 0.717) is 24.4 Å². The Morgan fingerprint density at radius 1 is 1.06 bits per heavy atom. The summed E-state index contributed by atoms with van der Waals surface area (Å²) in [6, 6.07) is 15.3. The molecule has 0 aliphatic carbocycles. The van der Waals surface area contributed by atoms with Gasteiger partial charge in [-0.05, 0) is 49.6 Å². The van der Waals surface area contributed by atoms with Gasteiger partial charge in [-0.25, -0.2) is 8.42 Å². The van der Waals surface area contributed by atoms with E-state index in [1.165, 1.54) is 12.0 Å². The van der Waals surface area contributed by atoms with Gasteiger partial charge in [0.1, 0.15) is 18.3 Å². The number of sulfonamides is 1. The van der Waals surface area contributed by atoms with Crippen LogP contribution in [0.15, 0.2) is 54.6 Å². The Kier molecular flexibility index (Phi) is 10.4. The SMILES string of the molecule is CCCCNC(=O)[C@H](C)N(CCc1ccccc1)C(=O)CN(c1ccc(OC)cc1)S(C)(=O)=O. The van der Waals surface area contributed by atoms with Crippen molar-refractivity contribution in [1.29, 1.82) is 0 Å². The quantitative estimate of drug-likeness (QED) is 0.437. The van der Waals surface area contributed by atoms with E-state index in [-0.39, 0.29) is 12.5 Å². The third-order valence-electron chi connectivity index (χ3n) is 5.52. The Labute approximate surface area is 202 Å². The number of methoxy groups -OCH3 is 1. The van der Waals surface area contributed by atoms with E-state index >= 15 is 0 Å². The number of nitrogens with one attached hydrogen (secondary N) is 1. The van der Waals surface area contributed by atoms with Crippen LogP contribution in [0.4, 0.5) is 5.69 Å². The first-order chi connectivity index (χ1) is 16.2. The van der Waals surface area contributed by atoms with Crippen molar-refractivity contribution in [3.05, 3.63) is 60.2 Å². The summed E-state index contributed by atoms with van der Waals surface area (Å²) >= 11 is 0. The summed E-state index contributed by atoms with van der Waals surface area (Å²) in [6.45, 7) is 4.10. The highest BCUT2D eigenvalue weighted by Crippen LogP contribution is 2.22. The van der Waals surface area contributed by atoms with Gasteiger partial charge in [0.25, 0.3) is 0 Å². The van der Waals surface area contributed by atoms with E-state index in [9.17, 15) is 18.0 Å². The Balaban J connectivity index is 2.26. The van der Waals surface area contributed by atoms with Gasteiger partial charge in [0.05, 0.1) is 19.1 Å². The van der Waals surface area contributed by atoms with Gasteiger partial charge in [-0.2, -0.15) is 0 Å². The van der Waals surface area contributed by atoms with Gasteiger partial charge in [-0.3, -0.25) is 13.9 Å². The number of ether oxygens (including phenoxy) is 1. The topological polar surface area (TPSA) is 96.0 Å². The van der Waals surface area contributed by atoms with Gasteiger partial charge in [-0.1, -0.05) is 43.7 Å². The standard InChI is InChI=1S/C25H35N3O5S/c1-5-6-17-26-25(30)20(2)27(18-16-21-10-8-7-9-11-21)24(29)19-28(34(4,31)32)22-12-14-23(33-3)15-13-22/h7-15,20H,5-6,16-19H2,1-4H3,(H,26,30)/t20-/m0/s1. The molecule has 0 spiro atoms. The molecule has 0 fully saturated rings. The fourth-order valence-corrected chi connectivity index (χ4v) is 4.32. The first-order valence-electron chi connectivity index (χ1n) is 11.4. The highest BCUT2D eigenvalue weighted by molar-refractivity contribution is 7.92. The lowest BCUT2D eigenvalue weighted by Gasteiger charge is -2.31. The molecule has 0 saturated carbocycles. The molecule has 0 bridgehead atoms. The third-order valence-corrected chi connectivity index (χ3v) is 6.66. The van der Waals surface area contributed by atoms with Gasteiger partial charge < -0.3 is 15.0 Å². The van der Waals surface area contributed by atoms with Gasteiger partial charge in [-0.15, -0.1) is 0 Å². The fraction of sp³-hybridized carbons (Fsp3) is 0.440. The Bertz CT molecular complexity index is 1030. The maximum atomic E-state index is 13.4. The van der Waals surface area contributed by atoms with E-state index in [1.807, 2.05) is 37.3 Å². The van der Waals surface area contributed by atoms with Crippen LogP contribution in [0.25, 0.3) is 0 Å². The number of carbonyl (C=O) groups excluding carboxylic acids is 2. The molecule has 2 amide bonds. The normalized spacial score (nSPS) is 12.0. The number of amides is 2. The molecule has 0 aliphatic rings. The minimum absolute atomic E-state index is 0.259. The van der Waals surface area contributed by atoms with Crippen molar-refractivity contribution in [3.8, 4) is 5.75 Å². The molecule has 2 aromatic rings. The van der Waals surface area contributed by atoms with E-state index in [2.05, 4.69) is 5.32 Å². The molecular formula is C25H35N3O5S. The van der Waals surface area contributed by atoms with Crippen molar-refractivity contribution < 1.29 is 22.7 Å². The number of anilines is 1. The summed E-state index contributed by atoms with van der Waals surface area (Å²) in [5.41, 5.74) is 1.37. The molecule has 0 heterocycles. The summed E-state index contributed by atoms with van der Waals surface area (Å²) < 4.78 is 31.3. The molecule has 9 heteroatoms. The maximum absolute atomic E-state index is 13.4. The Morgan fingerprint density at radius 2 is 1.71 bits per heavy atom. The third kappa shape index (κ3) is 8.06. The minimum atomic E-state index is -3.75. The van der Waals surface area contributed by atoms with Crippen molar-refractivity contribution in [2.75, 3.05) is 37.3 Å². The van der Waals surface area contributed by atoms with Crippen LogP contribution in [0.3, 0.4) is 0 Å². The summed E-state index contributed by atoms with van der Waals surface area (Å²) in [4.78, 5) is 27.6. The van der Waals surface area contributed by atoms with Gasteiger partial charge >= 0.3 is 0 Å². The predicted molar refractivity (Wildman–Crippen MR) is 134 cm³/mol. The Morgan fingerprint density at radius 3 is 2.26 bits per heavy atom. The predicted octanol–water partition coefficient (Wildman–Crippen LogP) is 2.84. The molecule has 186 valence electrons. The number of unbranched alkanes of at least 4 members (excludes halogenated alkanes) is 1. The summed E-state index contributed by atoms with van der Waals surface area (Å²) in [7, 11) is -2.23. The van der Waals surface area contributed by atoms with Crippen LogP contribution in [0, 0.1) is 0 Å². The average Bonchev–Trinajstić information content (AvgIpc) is 2.82. The number of carbonyl (C=O) groups is 2. The molecule has 0 radical (unpaired) electrons. The second kappa shape index (κ2) is 13.0. The Hall–Kier alpha value is -3.07. The van der Waals surface area contributed by atoms with Crippen LogP contribution >= 0.6 is 0 Å². The van der Waals surface area contributed by atoms with Crippen molar-refractivity contribution in [2.45, 2.75) is 39.2 Å². The van der Waals surface area contributed by atoms with Crippen LogP contribution in [0.1, 0.15) is 32.3 Å². The lowest BCUT2D eigenvalue weighted by atomic mass is 10.1. The van der Waals surface area contributed by atoms with Crippen molar-refractivity contribution >= 4 is 27.5 Å². The minimum Gasteiger partial charge on any atom is -0.497 e. The largest absolute Gasteiger partial charge is 0.497 e. The second-order valence-electron chi connectivity index (χ2n) is 8.11. The van der Waals surface area contributed by atoms with Crippen LogP contribution in [0.5, 0.6) is 5.75 Å². The van der Waals surface area contributed by atoms with Crippen molar-refractivity contribution in [2.24, 2.45) is 0 Å². The van der Waals surface area contributed by atoms with Gasteiger partial charge in [0.15, 0.2) is 0 Å². The number of benzene rings is 2. The van der Waals surface area contributed by atoms with Crippen LogP contribution < -0.4 is 14.4 Å². The molecular weight excluding hydrogens is 454 g/mol. The zero-order valence-corrected chi connectivity index (χ0v) is 21.2. The summed E-state index contributed by atoms with van der Waals surface area (Å²) in [5, 5.41) is 2.87. The molecule has 34 heavy (non-hydrogen) atoms. The highest BCUT2D eigenvalue weighted by Gasteiger charge is 2.29. The monoisotopic (exact) mass is 489 g/mol. The molecule has 8 nitrogen and oxygen atoms in total. The van der Waals surface area contributed by atoms with E-state index in [1.54, 1.807) is 31.2 Å². The number of hydrogen-bond donors (Lipinski definition) is 1. The smallest absolute Gasteiger partial charge is 0.244 e. The van der Waals surface area contributed by atoms with Crippen molar-refractivity contribution in [1.82, 2.24) is 10.2 Å². The fourth-order valence-electron chi connectivity index (χ4n) is 3.47. The molecule has 0 unspecified atom stereocenters. The lowest BCUT2D eigenvalue weighted by molar-refractivity contribution is -0.138. The van der Waals surface area contributed by atoms with Crippen LogP contribution in [-0.2, 0) is 26.0 Å². The first kappa shape index (κ1) is 27.2. The second-order valence-corrected chi connectivity index (χ2v) is 10.0. The summed E-state index contributed by atoms with van der Waals surface area (Å²) in [6.07, 6.45) is 3.38. The average molecular weight is 490 g/mol. The molecule has 0 saturated heterocycles. The zero-order chi connectivity index (χ0) is 25.1. The number of hydrogen-bond acceptors (Lipinski definition) is 5. The van der Waals surface area contributed by atoms with E-state index in [4.69, 9.17) is 4.74 Å². The molecule has 1 atom stereocenters. The molecule has 0 aromatic heterocycles. The van der Waals surface area contributed by atoms with Crippen molar-refractivity contribution in [3.63, 3.8) is 0 Å². The number of nitrogens with zero attached hydrogens (tertiary/aromatic N) is 2. The molecule has 1 N–H and O–H groups in total. The maximum Gasteiger partial charge on any atom is 0.244 e. The van der Waals surface area contributed by atoms with Crippen LogP contribution in [-0.4, -0.2) is 64.2 Å². The van der Waals surface area contributed by atoms with Gasteiger partial charge in [0.2, 0.25) is 21.8 Å². The highest BCUT2D eigenvalue weighted by atomic mass is 32.2.